The smallest absolute Gasteiger partial charge is 0.157 e. The molecule has 0 saturated carbocycles. The topological polar surface area (TPSA) is 22.0 Å². The molecular weight excluding hydrogens is 266 g/mol. The highest BCUT2D eigenvalue weighted by Crippen LogP contribution is 2.08. The average Bonchev–Trinajstić information content (AvgIpc) is 2.85. The van der Waals surface area contributed by atoms with Gasteiger partial charge in [-0.3, -0.25) is 3.97 Å². The molecule has 0 aliphatic carbocycles. The van der Waals surface area contributed by atoms with Gasteiger partial charge < -0.3 is 0 Å². The van der Waals surface area contributed by atoms with Crippen LogP contribution in [0.5, 0.6) is 0 Å². The first-order valence-corrected chi connectivity index (χ1v) is 8.08. The molecule has 0 saturated heterocycles. The van der Waals surface area contributed by atoms with Gasteiger partial charge >= 0.3 is 0 Å². The van der Waals surface area contributed by atoms with Crippen LogP contribution in [0.25, 0.3) is 12.2 Å². The lowest BCUT2D eigenvalue weighted by Crippen LogP contribution is -2.30. The summed E-state index contributed by atoms with van der Waals surface area (Å²) < 4.78 is 14.5. The molecule has 0 fully saturated rings. The molecule has 1 aromatic heterocycles. The summed E-state index contributed by atoms with van der Waals surface area (Å²) in [6.07, 6.45) is 4.05. The van der Waals surface area contributed by atoms with Crippen LogP contribution < -0.4 is 10.6 Å². The summed E-state index contributed by atoms with van der Waals surface area (Å²) in [6.45, 7) is 9.96. The van der Waals surface area contributed by atoms with Crippen LogP contribution in [0.3, 0.4) is 0 Å². The minimum Gasteiger partial charge on any atom is -0.260 e. The van der Waals surface area contributed by atoms with Gasteiger partial charge in [-0.15, -0.1) is 0 Å². The van der Waals surface area contributed by atoms with Crippen LogP contribution in [0.1, 0.15) is 33.4 Å². The van der Waals surface area contributed by atoms with Crippen molar-refractivity contribution >= 4 is 23.1 Å². The SMILES string of the molecule is C/C=c1/cc(C)n(S(=O)c2ccccc2)/c1=C/C.CC. The summed E-state index contributed by atoms with van der Waals surface area (Å²) in [5, 5.41) is 2.14. The molecule has 1 aromatic carbocycles. The molecule has 0 aliphatic rings. The van der Waals surface area contributed by atoms with E-state index in [1.807, 2.05) is 81.1 Å². The monoisotopic (exact) mass is 289 g/mol. The number of nitrogens with zero attached hydrogens (tertiary/aromatic N) is 1. The lowest BCUT2D eigenvalue weighted by molar-refractivity contribution is 0.675. The molecule has 0 aliphatic heterocycles. The lowest BCUT2D eigenvalue weighted by atomic mass is 10.3. The first-order chi connectivity index (χ1) is 9.69. The Morgan fingerprint density at radius 2 is 1.65 bits per heavy atom. The summed E-state index contributed by atoms with van der Waals surface area (Å²) >= 11 is 0. The molecule has 1 atom stereocenters. The van der Waals surface area contributed by atoms with E-state index in [4.69, 9.17) is 0 Å². The molecular formula is C17H23NOS. The Morgan fingerprint density at radius 1 is 1.05 bits per heavy atom. The maximum absolute atomic E-state index is 12.6. The van der Waals surface area contributed by atoms with E-state index in [1.165, 1.54) is 0 Å². The van der Waals surface area contributed by atoms with E-state index in [9.17, 15) is 4.21 Å². The number of hydrogen-bond donors (Lipinski definition) is 0. The number of benzene rings is 1. The van der Waals surface area contributed by atoms with Gasteiger partial charge in [0.15, 0.2) is 11.0 Å². The van der Waals surface area contributed by atoms with Crippen LogP contribution in [-0.2, 0) is 11.0 Å². The van der Waals surface area contributed by atoms with Gasteiger partial charge in [0, 0.05) is 5.69 Å². The second-order valence-corrected chi connectivity index (χ2v) is 5.40. The lowest BCUT2D eigenvalue weighted by Gasteiger charge is -2.06. The molecule has 0 spiro atoms. The van der Waals surface area contributed by atoms with E-state index in [1.54, 1.807) is 0 Å². The highest BCUT2D eigenvalue weighted by Gasteiger charge is 2.10. The molecule has 1 heterocycles. The van der Waals surface area contributed by atoms with Crippen molar-refractivity contribution in [3.63, 3.8) is 0 Å². The van der Waals surface area contributed by atoms with Crippen LogP contribution in [-0.4, -0.2) is 8.18 Å². The number of hydrogen-bond acceptors (Lipinski definition) is 1. The summed E-state index contributed by atoms with van der Waals surface area (Å²) in [7, 11) is -1.19. The molecule has 20 heavy (non-hydrogen) atoms. The van der Waals surface area contributed by atoms with E-state index in [0.717, 1.165) is 21.2 Å². The minimum atomic E-state index is -1.19. The van der Waals surface area contributed by atoms with Crippen molar-refractivity contribution in [2.24, 2.45) is 0 Å². The quantitative estimate of drug-likeness (QED) is 0.833. The van der Waals surface area contributed by atoms with Crippen molar-refractivity contribution in [3.8, 4) is 0 Å². The highest BCUT2D eigenvalue weighted by atomic mass is 32.2. The molecule has 2 nitrogen and oxygen atoms in total. The Kier molecular flexibility index (Phi) is 6.46. The Bertz CT molecular complexity index is 684. The van der Waals surface area contributed by atoms with Gasteiger partial charge in [-0.1, -0.05) is 44.2 Å². The maximum Gasteiger partial charge on any atom is 0.157 e. The molecule has 0 amide bonds. The van der Waals surface area contributed by atoms with Crippen LogP contribution in [0.2, 0.25) is 0 Å². The van der Waals surface area contributed by atoms with Gasteiger partial charge in [-0.2, -0.15) is 0 Å². The van der Waals surface area contributed by atoms with Gasteiger partial charge in [-0.05, 0) is 44.2 Å². The number of aromatic nitrogens is 1. The molecule has 3 heteroatoms. The fourth-order valence-electron chi connectivity index (χ4n) is 2.04. The van der Waals surface area contributed by atoms with E-state index in [2.05, 4.69) is 6.07 Å². The van der Waals surface area contributed by atoms with Crippen molar-refractivity contribution in [1.29, 1.82) is 0 Å². The normalized spacial score (nSPS) is 13.8. The first-order valence-electron chi connectivity index (χ1n) is 6.97. The number of rotatable bonds is 2. The standard InChI is InChI=1S/C15H17NOS.C2H6/c1-4-13-11-12(3)16(15(13)5-2)18(17)14-9-7-6-8-10-14;1-2/h4-11H,1-3H3;1-2H3/b13-4-,15-5+;. The molecule has 0 bridgehead atoms. The Morgan fingerprint density at radius 3 is 2.15 bits per heavy atom. The predicted molar refractivity (Wildman–Crippen MR) is 88.3 cm³/mol. The van der Waals surface area contributed by atoms with Crippen molar-refractivity contribution in [2.75, 3.05) is 0 Å². The predicted octanol–water partition coefficient (Wildman–Crippen LogP) is 2.99. The molecule has 2 rings (SSSR count). The minimum absolute atomic E-state index is 0.821. The van der Waals surface area contributed by atoms with Crippen LogP contribution in [0.4, 0.5) is 0 Å². The van der Waals surface area contributed by atoms with Crippen LogP contribution in [0.15, 0.2) is 41.3 Å². The molecule has 0 radical (unpaired) electrons. The first kappa shape index (κ1) is 16.4. The molecule has 2 aromatic rings. The zero-order valence-electron chi connectivity index (χ0n) is 12.9. The largest absolute Gasteiger partial charge is 0.260 e. The fourth-order valence-corrected chi connectivity index (χ4v) is 3.35. The van der Waals surface area contributed by atoms with Gasteiger partial charge in [0.25, 0.3) is 0 Å². The van der Waals surface area contributed by atoms with E-state index in [-0.39, 0.29) is 0 Å². The maximum atomic E-state index is 12.6. The molecule has 0 N–H and O–H groups in total. The summed E-state index contributed by atoms with van der Waals surface area (Å²) in [4.78, 5) is 0.821. The zero-order valence-corrected chi connectivity index (χ0v) is 13.7. The van der Waals surface area contributed by atoms with Gasteiger partial charge in [0.2, 0.25) is 0 Å². The van der Waals surface area contributed by atoms with Crippen LogP contribution >= 0.6 is 0 Å². The third-order valence-electron chi connectivity index (χ3n) is 2.89. The third kappa shape index (κ3) is 3.28. The summed E-state index contributed by atoms with van der Waals surface area (Å²) in [6, 6.07) is 11.6. The highest BCUT2D eigenvalue weighted by molar-refractivity contribution is 7.83. The Balaban J connectivity index is 0.000000956. The van der Waals surface area contributed by atoms with Crippen molar-refractivity contribution in [1.82, 2.24) is 3.97 Å². The van der Waals surface area contributed by atoms with Crippen LogP contribution in [0, 0.1) is 6.92 Å². The fraction of sp³-hybridized carbons (Fsp3) is 0.294. The third-order valence-corrected chi connectivity index (χ3v) is 4.39. The van der Waals surface area contributed by atoms with Gasteiger partial charge in [0.05, 0.1) is 10.2 Å². The summed E-state index contributed by atoms with van der Waals surface area (Å²) in [5.74, 6) is 0. The van der Waals surface area contributed by atoms with E-state index in [0.29, 0.717) is 0 Å². The zero-order chi connectivity index (χ0) is 15.1. The second-order valence-electron chi connectivity index (χ2n) is 4.06. The Labute approximate surface area is 124 Å². The van der Waals surface area contributed by atoms with Crippen molar-refractivity contribution in [2.45, 2.75) is 39.5 Å². The van der Waals surface area contributed by atoms with E-state index < -0.39 is 11.0 Å². The second kappa shape index (κ2) is 7.85. The summed E-state index contributed by atoms with van der Waals surface area (Å²) in [5.41, 5.74) is 1.01. The molecule has 108 valence electrons. The average molecular weight is 289 g/mol. The number of aryl methyl sites for hydroxylation is 1. The van der Waals surface area contributed by atoms with E-state index >= 15 is 0 Å². The van der Waals surface area contributed by atoms with Crippen molar-refractivity contribution in [3.05, 3.63) is 52.7 Å². The van der Waals surface area contributed by atoms with Gasteiger partial charge in [0.1, 0.15) is 0 Å². The van der Waals surface area contributed by atoms with Gasteiger partial charge in [-0.25, -0.2) is 4.21 Å². The Hall–Kier alpha value is -1.61. The molecule has 1 unspecified atom stereocenters. The van der Waals surface area contributed by atoms with Crippen molar-refractivity contribution < 1.29 is 4.21 Å².